The van der Waals surface area contributed by atoms with E-state index in [4.69, 9.17) is 4.74 Å². The van der Waals surface area contributed by atoms with Gasteiger partial charge in [0.05, 0.1) is 0 Å². The smallest absolute Gasteiger partial charge is 0.363 e. The van der Waals surface area contributed by atoms with Gasteiger partial charge in [0.15, 0.2) is 11.4 Å². The van der Waals surface area contributed by atoms with Crippen molar-refractivity contribution in [3.63, 3.8) is 0 Å². The topological polar surface area (TPSA) is 78.2 Å². The van der Waals surface area contributed by atoms with Gasteiger partial charge >= 0.3 is 5.82 Å². The lowest BCUT2D eigenvalue weighted by molar-refractivity contribution is -0.389. The van der Waals surface area contributed by atoms with E-state index in [1.54, 1.807) is 31.5 Å². The average Bonchev–Trinajstić information content (AvgIpc) is 2.33. The third-order valence-electron chi connectivity index (χ3n) is 2.09. The van der Waals surface area contributed by atoms with Crippen LogP contribution in [0, 0.1) is 17.0 Å². The Labute approximate surface area is 97.1 Å². The summed E-state index contributed by atoms with van der Waals surface area (Å²) in [6.07, 6.45) is 3.20. The van der Waals surface area contributed by atoms with Gasteiger partial charge in [-0.1, -0.05) is 0 Å². The molecule has 0 N–H and O–H groups in total. The van der Waals surface area contributed by atoms with Crippen LogP contribution in [0.4, 0.5) is 5.82 Å². The first-order valence-corrected chi connectivity index (χ1v) is 4.87. The molecule has 0 amide bonds. The monoisotopic (exact) mass is 231 g/mol. The SMILES string of the molecule is Cc1nc([N+](=O)[O-])ccc1Oc1ccncc1. The molecular formula is C11H9N3O3. The standard InChI is InChI=1S/C11H9N3O3/c1-8-10(2-3-11(13-8)14(15)16)17-9-4-6-12-7-5-9/h2-7H,1H3. The molecule has 2 aromatic heterocycles. The Morgan fingerprint density at radius 3 is 2.53 bits per heavy atom. The van der Waals surface area contributed by atoms with Gasteiger partial charge < -0.3 is 14.9 Å². The Bertz CT molecular complexity index is 543. The molecule has 0 saturated carbocycles. The Morgan fingerprint density at radius 2 is 1.94 bits per heavy atom. The number of hydrogen-bond acceptors (Lipinski definition) is 5. The van der Waals surface area contributed by atoms with Crippen LogP contribution in [0.5, 0.6) is 11.5 Å². The molecule has 6 heteroatoms. The Kier molecular flexibility index (Phi) is 2.95. The number of aromatic nitrogens is 2. The second-order valence-electron chi connectivity index (χ2n) is 3.30. The predicted molar refractivity (Wildman–Crippen MR) is 59.9 cm³/mol. The van der Waals surface area contributed by atoms with E-state index in [0.29, 0.717) is 17.2 Å². The molecular weight excluding hydrogens is 222 g/mol. The van der Waals surface area contributed by atoms with E-state index in [-0.39, 0.29) is 5.82 Å². The van der Waals surface area contributed by atoms with Crippen molar-refractivity contribution >= 4 is 5.82 Å². The summed E-state index contributed by atoms with van der Waals surface area (Å²) >= 11 is 0. The minimum absolute atomic E-state index is 0.190. The number of ether oxygens (including phenoxy) is 1. The van der Waals surface area contributed by atoms with Crippen LogP contribution in [0.3, 0.4) is 0 Å². The van der Waals surface area contributed by atoms with Gasteiger partial charge in [0.2, 0.25) is 0 Å². The summed E-state index contributed by atoms with van der Waals surface area (Å²) in [5.74, 6) is 0.908. The molecule has 2 heterocycles. The summed E-state index contributed by atoms with van der Waals surface area (Å²) < 4.78 is 5.52. The van der Waals surface area contributed by atoms with Crippen molar-refractivity contribution in [3.05, 3.63) is 52.5 Å². The molecule has 6 nitrogen and oxygen atoms in total. The van der Waals surface area contributed by atoms with Gasteiger partial charge in [-0.15, -0.1) is 0 Å². The van der Waals surface area contributed by atoms with Crippen molar-refractivity contribution in [3.8, 4) is 11.5 Å². The fraction of sp³-hybridized carbons (Fsp3) is 0.0909. The largest absolute Gasteiger partial charge is 0.453 e. The summed E-state index contributed by atoms with van der Waals surface area (Å²) in [5, 5.41) is 10.5. The highest BCUT2D eigenvalue weighted by molar-refractivity contribution is 5.36. The summed E-state index contributed by atoms with van der Waals surface area (Å²) in [4.78, 5) is 17.7. The van der Waals surface area contributed by atoms with Crippen LogP contribution in [-0.4, -0.2) is 14.9 Å². The van der Waals surface area contributed by atoms with Gasteiger partial charge in [-0.3, -0.25) is 4.98 Å². The van der Waals surface area contributed by atoms with E-state index in [2.05, 4.69) is 9.97 Å². The van der Waals surface area contributed by atoms with Crippen molar-refractivity contribution in [2.75, 3.05) is 0 Å². The molecule has 0 fully saturated rings. The molecule has 17 heavy (non-hydrogen) atoms. The molecule has 2 aromatic rings. The van der Waals surface area contributed by atoms with Crippen molar-refractivity contribution in [1.29, 1.82) is 0 Å². The van der Waals surface area contributed by atoms with E-state index in [1.165, 1.54) is 12.1 Å². The first-order valence-electron chi connectivity index (χ1n) is 4.87. The van der Waals surface area contributed by atoms with Crippen LogP contribution in [0.2, 0.25) is 0 Å². The van der Waals surface area contributed by atoms with Crippen LogP contribution >= 0.6 is 0 Å². The lowest BCUT2D eigenvalue weighted by Gasteiger charge is -2.04. The van der Waals surface area contributed by atoms with Crippen molar-refractivity contribution < 1.29 is 9.66 Å². The maximum absolute atomic E-state index is 10.5. The molecule has 0 aliphatic heterocycles. The van der Waals surface area contributed by atoms with Gasteiger partial charge in [-0.05, 0) is 28.1 Å². The van der Waals surface area contributed by atoms with Gasteiger partial charge in [0.25, 0.3) is 0 Å². The molecule has 0 aromatic carbocycles. The van der Waals surface area contributed by atoms with Crippen LogP contribution in [0.15, 0.2) is 36.7 Å². The van der Waals surface area contributed by atoms with E-state index >= 15 is 0 Å². The summed E-state index contributed by atoms with van der Waals surface area (Å²) in [7, 11) is 0. The number of nitro groups is 1. The van der Waals surface area contributed by atoms with Gasteiger partial charge in [0.1, 0.15) is 5.75 Å². The minimum atomic E-state index is -0.538. The third kappa shape index (κ3) is 2.54. The molecule has 86 valence electrons. The summed E-state index contributed by atoms with van der Waals surface area (Å²) in [6.45, 7) is 1.66. The maximum Gasteiger partial charge on any atom is 0.363 e. The molecule has 0 aliphatic rings. The molecule has 0 bridgehead atoms. The number of nitrogens with zero attached hydrogens (tertiary/aromatic N) is 3. The zero-order valence-electron chi connectivity index (χ0n) is 9.03. The Balaban J connectivity index is 2.26. The number of aryl methyl sites for hydroxylation is 1. The highest BCUT2D eigenvalue weighted by Gasteiger charge is 2.12. The minimum Gasteiger partial charge on any atom is -0.453 e. The summed E-state index contributed by atoms with van der Waals surface area (Å²) in [5.41, 5.74) is 0.469. The molecule has 0 aliphatic carbocycles. The zero-order valence-corrected chi connectivity index (χ0v) is 9.03. The first kappa shape index (κ1) is 11.0. The van der Waals surface area contributed by atoms with Gasteiger partial charge in [-0.25, -0.2) is 0 Å². The van der Waals surface area contributed by atoms with Crippen molar-refractivity contribution in [2.24, 2.45) is 0 Å². The molecule has 2 rings (SSSR count). The summed E-state index contributed by atoms with van der Waals surface area (Å²) in [6, 6.07) is 6.23. The fourth-order valence-corrected chi connectivity index (χ4v) is 1.28. The Hall–Kier alpha value is -2.50. The molecule has 0 saturated heterocycles. The van der Waals surface area contributed by atoms with E-state index in [1.807, 2.05) is 0 Å². The number of pyridine rings is 2. The van der Waals surface area contributed by atoms with Gasteiger partial charge in [0, 0.05) is 25.4 Å². The molecule has 0 spiro atoms. The Morgan fingerprint density at radius 1 is 1.24 bits per heavy atom. The van der Waals surface area contributed by atoms with Crippen molar-refractivity contribution in [1.82, 2.24) is 9.97 Å². The maximum atomic E-state index is 10.5. The van der Waals surface area contributed by atoms with Crippen LogP contribution < -0.4 is 4.74 Å². The number of hydrogen-bond donors (Lipinski definition) is 0. The third-order valence-corrected chi connectivity index (χ3v) is 2.09. The fourth-order valence-electron chi connectivity index (χ4n) is 1.28. The second kappa shape index (κ2) is 4.56. The zero-order chi connectivity index (χ0) is 12.3. The molecule has 0 radical (unpaired) electrons. The molecule has 0 atom stereocenters. The van der Waals surface area contributed by atoms with Crippen LogP contribution in [0.1, 0.15) is 5.69 Å². The lowest BCUT2D eigenvalue weighted by Crippen LogP contribution is -1.96. The lowest BCUT2D eigenvalue weighted by atomic mass is 10.3. The highest BCUT2D eigenvalue weighted by Crippen LogP contribution is 2.24. The second-order valence-corrected chi connectivity index (χ2v) is 3.30. The van der Waals surface area contributed by atoms with Crippen LogP contribution in [-0.2, 0) is 0 Å². The van der Waals surface area contributed by atoms with Gasteiger partial charge in [-0.2, -0.15) is 0 Å². The van der Waals surface area contributed by atoms with Crippen molar-refractivity contribution in [2.45, 2.75) is 6.92 Å². The average molecular weight is 231 g/mol. The highest BCUT2D eigenvalue weighted by atomic mass is 16.6. The quantitative estimate of drug-likeness (QED) is 0.599. The van der Waals surface area contributed by atoms with E-state index in [9.17, 15) is 10.1 Å². The predicted octanol–water partition coefficient (Wildman–Crippen LogP) is 2.49. The number of rotatable bonds is 3. The normalized spacial score (nSPS) is 9.94. The van der Waals surface area contributed by atoms with E-state index < -0.39 is 4.92 Å². The van der Waals surface area contributed by atoms with E-state index in [0.717, 1.165) is 0 Å². The first-order chi connectivity index (χ1) is 8.16. The molecule has 0 unspecified atom stereocenters. The van der Waals surface area contributed by atoms with Crippen LogP contribution in [0.25, 0.3) is 0 Å².